The summed E-state index contributed by atoms with van der Waals surface area (Å²) < 4.78 is 0. The van der Waals surface area contributed by atoms with Crippen LogP contribution < -0.4 is 10.6 Å². The standard InChI is InChI=1S/C17H17ClN2O3/c1-10-4-3-5-11(2)16(10)20-15(22)9-19-17(23)13-8-12(18)6-7-14(13)21/h3-8,21H,9H2,1-2H3,(H,19,23)(H,20,22). The van der Waals surface area contributed by atoms with Gasteiger partial charge in [0.1, 0.15) is 5.75 Å². The number of anilines is 1. The Morgan fingerprint density at radius 3 is 2.43 bits per heavy atom. The number of aryl methyl sites for hydroxylation is 2. The molecule has 2 aromatic rings. The number of phenols is 1. The van der Waals surface area contributed by atoms with Gasteiger partial charge < -0.3 is 15.7 Å². The summed E-state index contributed by atoms with van der Waals surface area (Å²) in [6.07, 6.45) is 0. The molecule has 0 aliphatic carbocycles. The van der Waals surface area contributed by atoms with E-state index in [-0.39, 0.29) is 23.8 Å². The summed E-state index contributed by atoms with van der Waals surface area (Å²) in [6, 6.07) is 9.84. The minimum Gasteiger partial charge on any atom is -0.507 e. The Bertz CT molecular complexity index is 739. The number of hydrogen-bond donors (Lipinski definition) is 3. The summed E-state index contributed by atoms with van der Waals surface area (Å²) in [7, 11) is 0. The Hall–Kier alpha value is -2.53. The maximum Gasteiger partial charge on any atom is 0.255 e. The molecule has 0 heterocycles. The first-order valence-corrected chi connectivity index (χ1v) is 7.39. The van der Waals surface area contributed by atoms with Gasteiger partial charge >= 0.3 is 0 Å². The molecule has 0 aliphatic heterocycles. The zero-order valence-electron chi connectivity index (χ0n) is 12.8. The molecule has 2 rings (SSSR count). The highest BCUT2D eigenvalue weighted by Gasteiger charge is 2.13. The summed E-state index contributed by atoms with van der Waals surface area (Å²) in [6.45, 7) is 3.58. The van der Waals surface area contributed by atoms with E-state index in [9.17, 15) is 14.7 Å². The van der Waals surface area contributed by atoms with Crippen LogP contribution in [0.1, 0.15) is 21.5 Å². The van der Waals surface area contributed by atoms with Gasteiger partial charge in [-0.2, -0.15) is 0 Å². The molecular weight excluding hydrogens is 316 g/mol. The van der Waals surface area contributed by atoms with Crippen molar-refractivity contribution in [1.82, 2.24) is 5.32 Å². The van der Waals surface area contributed by atoms with Crippen LogP contribution in [0, 0.1) is 13.8 Å². The zero-order valence-corrected chi connectivity index (χ0v) is 13.6. The number of aromatic hydroxyl groups is 1. The highest BCUT2D eigenvalue weighted by Crippen LogP contribution is 2.21. The zero-order chi connectivity index (χ0) is 17.0. The second-order valence-corrected chi connectivity index (χ2v) is 5.60. The second kappa shape index (κ2) is 7.15. The molecule has 0 unspecified atom stereocenters. The van der Waals surface area contributed by atoms with Crippen molar-refractivity contribution in [2.24, 2.45) is 0 Å². The number of para-hydroxylation sites is 1. The number of hydrogen-bond acceptors (Lipinski definition) is 3. The third kappa shape index (κ3) is 4.23. The molecule has 2 aromatic carbocycles. The molecule has 6 heteroatoms. The van der Waals surface area contributed by atoms with Gasteiger partial charge in [-0.05, 0) is 43.2 Å². The molecule has 0 atom stereocenters. The smallest absolute Gasteiger partial charge is 0.255 e. The van der Waals surface area contributed by atoms with Crippen molar-refractivity contribution < 1.29 is 14.7 Å². The first-order chi connectivity index (χ1) is 10.9. The highest BCUT2D eigenvalue weighted by atomic mass is 35.5. The minimum atomic E-state index is -0.568. The molecule has 5 nitrogen and oxygen atoms in total. The maximum atomic E-state index is 12.0. The molecule has 120 valence electrons. The van der Waals surface area contributed by atoms with Crippen LogP contribution in [-0.4, -0.2) is 23.5 Å². The Morgan fingerprint density at radius 1 is 1.13 bits per heavy atom. The van der Waals surface area contributed by atoms with Crippen LogP contribution in [0.25, 0.3) is 0 Å². The number of nitrogens with one attached hydrogen (secondary N) is 2. The van der Waals surface area contributed by atoms with Gasteiger partial charge in [0.2, 0.25) is 5.91 Å². The number of phenolic OH excluding ortho intramolecular Hbond substituents is 1. The monoisotopic (exact) mass is 332 g/mol. The lowest BCUT2D eigenvalue weighted by Crippen LogP contribution is -2.33. The van der Waals surface area contributed by atoms with E-state index >= 15 is 0 Å². The van der Waals surface area contributed by atoms with Crippen molar-refractivity contribution in [2.45, 2.75) is 13.8 Å². The Labute approximate surface area is 139 Å². The molecule has 2 amide bonds. The number of carbonyl (C=O) groups excluding carboxylic acids is 2. The molecule has 0 aliphatic rings. The van der Waals surface area contributed by atoms with E-state index in [1.807, 2.05) is 32.0 Å². The summed E-state index contributed by atoms with van der Waals surface area (Å²) in [5.41, 5.74) is 2.64. The molecule has 0 spiro atoms. The Morgan fingerprint density at radius 2 is 1.78 bits per heavy atom. The van der Waals surface area contributed by atoms with E-state index in [0.29, 0.717) is 5.02 Å². The molecule has 3 N–H and O–H groups in total. The number of carbonyl (C=O) groups is 2. The quantitative estimate of drug-likeness (QED) is 0.805. The summed E-state index contributed by atoms with van der Waals surface area (Å²) >= 11 is 5.80. The molecule has 23 heavy (non-hydrogen) atoms. The van der Waals surface area contributed by atoms with Crippen LogP contribution in [0.5, 0.6) is 5.75 Å². The number of rotatable bonds is 4. The van der Waals surface area contributed by atoms with E-state index in [0.717, 1.165) is 16.8 Å². The first kappa shape index (κ1) is 16.8. The molecule has 0 saturated carbocycles. The van der Waals surface area contributed by atoms with Crippen LogP contribution >= 0.6 is 11.6 Å². The van der Waals surface area contributed by atoms with Crippen LogP contribution in [0.15, 0.2) is 36.4 Å². The van der Waals surface area contributed by atoms with Crippen LogP contribution in [0.2, 0.25) is 5.02 Å². The van der Waals surface area contributed by atoms with Crippen molar-refractivity contribution in [2.75, 3.05) is 11.9 Å². The summed E-state index contributed by atoms with van der Waals surface area (Å²) in [4.78, 5) is 24.0. The summed E-state index contributed by atoms with van der Waals surface area (Å²) in [5, 5.41) is 15.2. The molecule has 0 saturated heterocycles. The van der Waals surface area contributed by atoms with Gasteiger partial charge in [-0.1, -0.05) is 29.8 Å². The van der Waals surface area contributed by atoms with Crippen molar-refractivity contribution in [3.8, 4) is 5.75 Å². The van der Waals surface area contributed by atoms with E-state index in [4.69, 9.17) is 11.6 Å². The van der Waals surface area contributed by atoms with Crippen LogP contribution in [0.4, 0.5) is 5.69 Å². The number of amides is 2. The van der Waals surface area contributed by atoms with E-state index in [1.54, 1.807) is 0 Å². The average molecular weight is 333 g/mol. The molecular formula is C17H17ClN2O3. The van der Waals surface area contributed by atoms with Gasteiger partial charge in [0.15, 0.2) is 0 Å². The number of halogens is 1. The lowest BCUT2D eigenvalue weighted by atomic mass is 10.1. The Kier molecular flexibility index (Phi) is 5.24. The minimum absolute atomic E-state index is 0.0253. The fourth-order valence-corrected chi connectivity index (χ4v) is 2.31. The van der Waals surface area contributed by atoms with Gasteiger partial charge in [0.25, 0.3) is 5.91 Å². The fraction of sp³-hybridized carbons (Fsp3) is 0.176. The average Bonchev–Trinajstić information content (AvgIpc) is 2.51. The Balaban J connectivity index is 1.99. The van der Waals surface area contributed by atoms with E-state index < -0.39 is 5.91 Å². The molecule has 0 radical (unpaired) electrons. The summed E-state index contributed by atoms with van der Waals surface area (Å²) in [5.74, 6) is -1.11. The van der Waals surface area contributed by atoms with Gasteiger partial charge in [-0.15, -0.1) is 0 Å². The predicted octanol–water partition coefficient (Wildman–Crippen LogP) is 3.03. The third-order valence-electron chi connectivity index (χ3n) is 3.36. The predicted molar refractivity (Wildman–Crippen MR) is 90.0 cm³/mol. The number of benzene rings is 2. The van der Waals surface area contributed by atoms with Crippen molar-refractivity contribution in [1.29, 1.82) is 0 Å². The van der Waals surface area contributed by atoms with Crippen molar-refractivity contribution >= 4 is 29.1 Å². The normalized spacial score (nSPS) is 10.2. The third-order valence-corrected chi connectivity index (χ3v) is 3.59. The fourth-order valence-electron chi connectivity index (χ4n) is 2.14. The topological polar surface area (TPSA) is 78.4 Å². The molecule has 0 aromatic heterocycles. The lowest BCUT2D eigenvalue weighted by molar-refractivity contribution is -0.115. The SMILES string of the molecule is Cc1cccc(C)c1NC(=O)CNC(=O)c1cc(Cl)ccc1O. The van der Waals surface area contributed by atoms with Gasteiger partial charge in [0, 0.05) is 10.7 Å². The van der Waals surface area contributed by atoms with E-state index in [2.05, 4.69) is 10.6 Å². The van der Waals surface area contributed by atoms with Gasteiger partial charge in [0.05, 0.1) is 12.1 Å². The van der Waals surface area contributed by atoms with E-state index in [1.165, 1.54) is 18.2 Å². The van der Waals surface area contributed by atoms with Gasteiger partial charge in [-0.3, -0.25) is 9.59 Å². The second-order valence-electron chi connectivity index (χ2n) is 5.16. The molecule has 0 fully saturated rings. The molecule has 0 bridgehead atoms. The lowest BCUT2D eigenvalue weighted by Gasteiger charge is -2.12. The highest BCUT2D eigenvalue weighted by molar-refractivity contribution is 6.31. The van der Waals surface area contributed by atoms with Crippen molar-refractivity contribution in [3.63, 3.8) is 0 Å². The van der Waals surface area contributed by atoms with Crippen LogP contribution in [0.3, 0.4) is 0 Å². The van der Waals surface area contributed by atoms with Crippen LogP contribution in [-0.2, 0) is 4.79 Å². The van der Waals surface area contributed by atoms with Crippen molar-refractivity contribution in [3.05, 3.63) is 58.1 Å². The largest absolute Gasteiger partial charge is 0.507 e. The maximum absolute atomic E-state index is 12.0. The first-order valence-electron chi connectivity index (χ1n) is 7.01. The van der Waals surface area contributed by atoms with Gasteiger partial charge in [-0.25, -0.2) is 0 Å².